The molecule has 0 saturated carbocycles. The highest BCUT2D eigenvalue weighted by Crippen LogP contribution is 2.32. The number of fused-ring (bicyclic) bond motifs is 1. The van der Waals surface area contributed by atoms with Crippen molar-refractivity contribution < 1.29 is 0 Å². The quantitative estimate of drug-likeness (QED) is 0.453. The highest BCUT2D eigenvalue weighted by Gasteiger charge is 2.27. The summed E-state index contributed by atoms with van der Waals surface area (Å²) in [6, 6.07) is 5.78. The number of rotatable bonds is 3. The van der Waals surface area contributed by atoms with E-state index in [1.165, 1.54) is 5.57 Å². The lowest BCUT2D eigenvalue weighted by Crippen LogP contribution is -2.51. The Kier molecular flexibility index (Phi) is 14.8. The van der Waals surface area contributed by atoms with Crippen molar-refractivity contribution in [2.75, 3.05) is 44.6 Å². The summed E-state index contributed by atoms with van der Waals surface area (Å²) in [5, 5.41) is 4.11. The van der Waals surface area contributed by atoms with Crippen LogP contribution < -0.4 is 5.32 Å². The van der Waals surface area contributed by atoms with E-state index in [1.54, 1.807) is 6.08 Å². The lowest BCUT2D eigenvalue weighted by molar-refractivity contribution is 0.143. The molecular formula is C28H47ClN4. The Bertz CT molecular complexity index is 787. The number of benzene rings is 1. The highest BCUT2D eigenvalue weighted by atomic mass is 35.5. The Hall–Kier alpha value is -2.04. The Morgan fingerprint density at radius 2 is 1.70 bits per heavy atom. The zero-order valence-corrected chi connectivity index (χ0v) is 23.1. The first-order valence-electron chi connectivity index (χ1n) is 12.2. The van der Waals surface area contributed by atoms with E-state index in [9.17, 15) is 0 Å². The minimum atomic E-state index is 0.144. The maximum Gasteiger partial charge on any atom is 0.133 e. The number of anilines is 1. The first-order chi connectivity index (χ1) is 15.7. The Morgan fingerprint density at radius 1 is 1.15 bits per heavy atom. The second-order valence-corrected chi connectivity index (χ2v) is 8.83. The van der Waals surface area contributed by atoms with Crippen molar-refractivity contribution in [3.05, 3.63) is 60.2 Å². The maximum absolute atomic E-state index is 6.16. The van der Waals surface area contributed by atoms with E-state index in [-0.39, 0.29) is 5.41 Å². The van der Waals surface area contributed by atoms with Gasteiger partial charge in [0, 0.05) is 49.9 Å². The van der Waals surface area contributed by atoms with Gasteiger partial charge in [0.15, 0.2) is 0 Å². The molecule has 0 spiro atoms. The number of amidine groups is 1. The predicted molar refractivity (Wildman–Crippen MR) is 151 cm³/mol. The molecule has 0 atom stereocenters. The molecule has 2 aliphatic rings. The first-order valence-corrected chi connectivity index (χ1v) is 12.6. The van der Waals surface area contributed by atoms with Gasteiger partial charge in [-0.05, 0) is 37.5 Å². The fraction of sp³-hybridized carbons (Fsp3) is 0.536. The smallest absolute Gasteiger partial charge is 0.133 e. The van der Waals surface area contributed by atoms with Crippen LogP contribution >= 0.6 is 11.6 Å². The van der Waals surface area contributed by atoms with Gasteiger partial charge in [-0.2, -0.15) is 0 Å². The summed E-state index contributed by atoms with van der Waals surface area (Å²) in [7, 11) is 0. The van der Waals surface area contributed by atoms with Gasteiger partial charge in [-0.15, -0.1) is 6.58 Å². The minimum absolute atomic E-state index is 0.144. The SMILES string of the molecule is C=C1CNc2ccc(Cl)cc2N=C1N1CCN(CC(C)(C)C(=C)C)CC1.C=CC.CC.CC. The van der Waals surface area contributed by atoms with Crippen molar-refractivity contribution in [1.82, 2.24) is 9.80 Å². The molecule has 1 saturated heterocycles. The van der Waals surface area contributed by atoms with Crippen molar-refractivity contribution >= 4 is 28.8 Å². The molecule has 4 nitrogen and oxygen atoms in total. The van der Waals surface area contributed by atoms with E-state index in [4.69, 9.17) is 16.6 Å². The third-order valence-electron chi connectivity index (χ3n) is 5.44. The molecule has 1 N–H and O–H groups in total. The molecule has 1 aromatic rings. The number of allylic oxidation sites excluding steroid dienone is 1. The molecule has 3 rings (SSSR count). The Morgan fingerprint density at radius 3 is 2.21 bits per heavy atom. The fourth-order valence-corrected chi connectivity index (χ4v) is 3.49. The summed E-state index contributed by atoms with van der Waals surface area (Å²) in [5.41, 5.74) is 4.30. The third-order valence-corrected chi connectivity index (χ3v) is 5.68. The van der Waals surface area contributed by atoms with Gasteiger partial charge in [0.25, 0.3) is 0 Å². The molecule has 0 amide bonds. The molecule has 1 fully saturated rings. The number of piperazine rings is 1. The summed E-state index contributed by atoms with van der Waals surface area (Å²) >= 11 is 6.16. The molecule has 0 aliphatic carbocycles. The van der Waals surface area contributed by atoms with Crippen molar-refractivity contribution in [2.45, 2.75) is 55.4 Å². The van der Waals surface area contributed by atoms with E-state index in [0.29, 0.717) is 11.6 Å². The lowest BCUT2D eigenvalue weighted by atomic mass is 9.85. The van der Waals surface area contributed by atoms with Crippen LogP contribution in [0.1, 0.15) is 55.4 Å². The van der Waals surface area contributed by atoms with E-state index in [2.05, 4.69) is 55.6 Å². The number of halogens is 1. The number of hydrogen-bond donors (Lipinski definition) is 1. The average molecular weight is 475 g/mol. The average Bonchev–Trinajstić information content (AvgIpc) is 2.96. The van der Waals surface area contributed by atoms with Crippen LogP contribution in [0, 0.1) is 5.41 Å². The van der Waals surface area contributed by atoms with E-state index >= 15 is 0 Å². The summed E-state index contributed by atoms with van der Waals surface area (Å²) in [6.45, 7) is 34.0. The largest absolute Gasteiger partial charge is 0.379 e. The molecule has 0 radical (unpaired) electrons. The first kappa shape index (κ1) is 31.0. The van der Waals surface area contributed by atoms with Crippen LogP contribution in [0.4, 0.5) is 11.4 Å². The number of aliphatic imine (C=N–C) groups is 1. The lowest BCUT2D eigenvalue weighted by Gasteiger charge is -2.40. The molecule has 5 heteroatoms. The second kappa shape index (κ2) is 15.7. The normalized spacial score (nSPS) is 15.5. The molecule has 33 heavy (non-hydrogen) atoms. The zero-order valence-electron chi connectivity index (χ0n) is 22.4. The number of hydrogen-bond acceptors (Lipinski definition) is 4. The van der Waals surface area contributed by atoms with Crippen LogP contribution in [0.3, 0.4) is 0 Å². The Labute approximate surface area is 209 Å². The second-order valence-electron chi connectivity index (χ2n) is 8.39. The van der Waals surface area contributed by atoms with Crippen molar-refractivity contribution in [2.24, 2.45) is 10.4 Å². The van der Waals surface area contributed by atoms with Crippen LogP contribution in [-0.2, 0) is 0 Å². The van der Waals surface area contributed by atoms with Gasteiger partial charge in [-0.3, -0.25) is 4.90 Å². The van der Waals surface area contributed by atoms with E-state index in [1.807, 2.05) is 52.8 Å². The van der Waals surface area contributed by atoms with Gasteiger partial charge in [0.05, 0.1) is 11.4 Å². The molecule has 2 aliphatic heterocycles. The van der Waals surface area contributed by atoms with Gasteiger partial charge >= 0.3 is 0 Å². The van der Waals surface area contributed by atoms with Gasteiger partial charge in [-0.25, -0.2) is 4.99 Å². The highest BCUT2D eigenvalue weighted by molar-refractivity contribution is 6.31. The molecule has 1 aromatic carbocycles. The summed E-state index contributed by atoms with van der Waals surface area (Å²) < 4.78 is 0. The predicted octanol–water partition coefficient (Wildman–Crippen LogP) is 7.82. The maximum atomic E-state index is 6.16. The van der Waals surface area contributed by atoms with E-state index < -0.39 is 0 Å². The van der Waals surface area contributed by atoms with Gasteiger partial charge in [0.1, 0.15) is 5.84 Å². The molecule has 0 aromatic heterocycles. The summed E-state index contributed by atoms with van der Waals surface area (Å²) in [6.07, 6.45) is 1.75. The third kappa shape index (κ3) is 9.77. The van der Waals surface area contributed by atoms with Gasteiger partial charge in [0.2, 0.25) is 0 Å². The van der Waals surface area contributed by atoms with Crippen LogP contribution in [-0.4, -0.2) is 54.9 Å². The van der Waals surface area contributed by atoms with Gasteiger partial charge < -0.3 is 10.2 Å². The van der Waals surface area contributed by atoms with Crippen LogP contribution in [0.25, 0.3) is 0 Å². The van der Waals surface area contributed by atoms with E-state index in [0.717, 1.165) is 55.5 Å². The van der Waals surface area contributed by atoms with Crippen molar-refractivity contribution in [3.8, 4) is 0 Å². The van der Waals surface area contributed by atoms with Crippen LogP contribution in [0.2, 0.25) is 5.02 Å². The molecule has 0 bridgehead atoms. The topological polar surface area (TPSA) is 30.9 Å². The zero-order chi connectivity index (χ0) is 25.6. The minimum Gasteiger partial charge on any atom is -0.379 e. The van der Waals surface area contributed by atoms with Crippen molar-refractivity contribution in [1.29, 1.82) is 0 Å². The fourth-order valence-electron chi connectivity index (χ4n) is 3.33. The molecule has 0 unspecified atom stereocenters. The molecule has 186 valence electrons. The van der Waals surface area contributed by atoms with Gasteiger partial charge in [-0.1, -0.05) is 78.0 Å². The number of nitrogens with zero attached hydrogens (tertiary/aromatic N) is 3. The number of nitrogens with one attached hydrogen (secondary N) is 1. The molecule has 2 heterocycles. The van der Waals surface area contributed by atoms with Crippen molar-refractivity contribution in [3.63, 3.8) is 0 Å². The Balaban J connectivity index is 0.00000132. The summed E-state index contributed by atoms with van der Waals surface area (Å²) in [4.78, 5) is 9.77. The van der Waals surface area contributed by atoms with Crippen LogP contribution in [0.5, 0.6) is 0 Å². The molecular weight excluding hydrogens is 428 g/mol. The summed E-state index contributed by atoms with van der Waals surface area (Å²) in [5.74, 6) is 0.984. The van der Waals surface area contributed by atoms with Crippen LogP contribution in [0.15, 0.2) is 60.2 Å². The standard InChI is InChI=1S/C21H29ClN4.C3H6.2C2H6/c1-15(2)21(4,5)14-25-8-10-26(11-9-25)20-16(3)13-23-18-7-6-17(22)12-19(18)24-20;1-3-2;2*1-2/h6-7,12,23H,1,3,8-11,13-14H2,2,4-5H3;3H,1H2,2H3;2*1-2H3. The monoisotopic (exact) mass is 474 g/mol.